The van der Waals surface area contributed by atoms with E-state index in [2.05, 4.69) is 0 Å². The molecule has 0 saturated carbocycles. The Bertz CT molecular complexity index is 547. The Morgan fingerprint density at radius 2 is 1.94 bits per heavy atom. The van der Waals surface area contributed by atoms with Gasteiger partial charge in [0.1, 0.15) is 0 Å². The molecule has 1 aromatic heterocycles. The summed E-state index contributed by atoms with van der Waals surface area (Å²) < 4.78 is 4.88. The molecule has 0 saturated heterocycles. The van der Waals surface area contributed by atoms with E-state index in [9.17, 15) is 9.90 Å². The lowest BCUT2D eigenvalue weighted by atomic mass is 10.1. The van der Waals surface area contributed by atoms with E-state index in [0.29, 0.717) is 0 Å². The summed E-state index contributed by atoms with van der Waals surface area (Å²) in [5.74, 6) is -0.523. The summed E-state index contributed by atoms with van der Waals surface area (Å²) in [5.41, 5.74) is 2.09. The zero-order chi connectivity index (χ0) is 12.3. The number of furan rings is 1. The van der Waals surface area contributed by atoms with Crippen LogP contribution in [0.1, 0.15) is 21.7 Å². The SMILES string of the molecule is Cc1ccc(/C=C/C(=O)c2occc2O)cc1. The van der Waals surface area contributed by atoms with Crippen molar-refractivity contribution in [1.82, 2.24) is 0 Å². The lowest BCUT2D eigenvalue weighted by Crippen LogP contribution is -1.91. The monoisotopic (exact) mass is 228 g/mol. The van der Waals surface area contributed by atoms with E-state index in [4.69, 9.17) is 4.42 Å². The van der Waals surface area contributed by atoms with Crippen molar-refractivity contribution in [2.45, 2.75) is 6.92 Å². The maximum atomic E-state index is 11.6. The Labute approximate surface area is 99.0 Å². The fraction of sp³-hybridized carbons (Fsp3) is 0.0714. The van der Waals surface area contributed by atoms with Crippen LogP contribution in [0.3, 0.4) is 0 Å². The lowest BCUT2D eigenvalue weighted by molar-refractivity contribution is 0.101. The van der Waals surface area contributed by atoms with Crippen LogP contribution in [-0.4, -0.2) is 10.9 Å². The summed E-state index contributed by atoms with van der Waals surface area (Å²) in [5, 5.41) is 9.31. The Morgan fingerprint density at radius 1 is 1.24 bits per heavy atom. The van der Waals surface area contributed by atoms with E-state index >= 15 is 0 Å². The molecule has 86 valence electrons. The topological polar surface area (TPSA) is 50.4 Å². The Hall–Kier alpha value is -2.29. The zero-order valence-corrected chi connectivity index (χ0v) is 9.38. The summed E-state index contributed by atoms with van der Waals surface area (Å²) in [6.45, 7) is 2.00. The van der Waals surface area contributed by atoms with Crippen molar-refractivity contribution >= 4 is 11.9 Å². The lowest BCUT2D eigenvalue weighted by Gasteiger charge is -1.94. The van der Waals surface area contributed by atoms with E-state index < -0.39 is 0 Å². The van der Waals surface area contributed by atoms with Crippen molar-refractivity contribution in [3.05, 3.63) is 59.6 Å². The maximum Gasteiger partial charge on any atom is 0.224 e. The Morgan fingerprint density at radius 3 is 2.53 bits per heavy atom. The molecule has 0 spiro atoms. The molecule has 2 rings (SSSR count). The highest BCUT2D eigenvalue weighted by atomic mass is 16.4. The average molecular weight is 228 g/mol. The normalized spacial score (nSPS) is 10.9. The van der Waals surface area contributed by atoms with Crippen LogP contribution in [0.15, 0.2) is 47.1 Å². The zero-order valence-electron chi connectivity index (χ0n) is 9.38. The number of ketones is 1. The highest BCUT2D eigenvalue weighted by molar-refractivity contribution is 6.06. The minimum absolute atomic E-state index is 0.0339. The molecule has 0 unspecified atom stereocenters. The first-order valence-electron chi connectivity index (χ1n) is 5.22. The Balaban J connectivity index is 2.14. The second-order valence-corrected chi connectivity index (χ2v) is 3.74. The van der Waals surface area contributed by atoms with Gasteiger partial charge in [-0.25, -0.2) is 0 Å². The molecule has 0 bridgehead atoms. The van der Waals surface area contributed by atoms with E-state index in [0.717, 1.165) is 11.1 Å². The van der Waals surface area contributed by atoms with E-state index in [1.807, 2.05) is 31.2 Å². The fourth-order valence-corrected chi connectivity index (χ4v) is 1.41. The van der Waals surface area contributed by atoms with Gasteiger partial charge in [0.25, 0.3) is 0 Å². The number of aromatic hydroxyl groups is 1. The minimum Gasteiger partial charge on any atom is -0.504 e. The standard InChI is InChI=1S/C14H12O3/c1-10-2-4-11(5-3-10)6-7-12(15)14-13(16)8-9-17-14/h2-9,16H,1H3/b7-6+. The Kier molecular flexibility index (Phi) is 3.10. The molecule has 1 heterocycles. The largest absolute Gasteiger partial charge is 0.504 e. The van der Waals surface area contributed by atoms with Crippen molar-refractivity contribution in [2.75, 3.05) is 0 Å². The summed E-state index contributed by atoms with van der Waals surface area (Å²) in [6.07, 6.45) is 4.34. The number of rotatable bonds is 3. The van der Waals surface area contributed by atoms with Gasteiger partial charge in [-0.1, -0.05) is 35.9 Å². The smallest absolute Gasteiger partial charge is 0.224 e. The second-order valence-electron chi connectivity index (χ2n) is 3.74. The molecule has 1 N–H and O–H groups in total. The molecule has 0 aliphatic heterocycles. The predicted octanol–water partition coefficient (Wildman–Crippen LogP) is 3.19. The van der Waals surface area contributed by atoms with E-state index in [1.165, 1.54) is 18.4 Å². The van der Waals surface area contributed by atoms with Gasteiger partial charge in [-0.3, -0.25) is 4.79 Å². The van der Waals surface area contributed by atoms with Crippen LogP contribution in [0.25, 0.3) is 6.08 Å². The molecular weight excluding hydrogens is 216 g/mol. The van der Waals surface area contributed by atoms with Crippen molar-refractivity contribution in [2.24, 2.45) is 0 Å². The number of carbonyl (C=O) groups is 1. The van der Waals surface area contributed by atoms with Crippen LogP contribution in [0, 0.1) is 6.92 Å². The molecule has 1 aromatic carbocycles. The van der Waals surface area contributed by atoms with Crippen molar-refractivity contribution in [1.29, 1.82) is 0 Å². The van der Waals surface area contributed by atoms with Gasteiger partial charge in [-0.15, -0.1) is 0 Å². The molecule has 3 heteroatoms. The third kappa shape index (κ3) is 2.64. The highest BCUT2D eigenvalue weighted by Gasteiger charge is 2.11. The van der Waals surface area contributed by atoms with Gasteiger partial charge >= 0.3 is 0 Å². The van der Waals surface area contributed by atoms with Crippen molar-refractivity contribution in [3.63, 3.8) is 0 Å². The molecule has 3 nitrogen and oxygen atoms in total. The van der Waals surface area contributed by atoms with Gasteiger partial charge < -0.3 is 9.52 Å². The van der Waals surface area contributed by atoms with Gasteiger partial charge in [0.05, 0.1) is 6.26 Å². The van der Waals surface area contributed by atoms with Crippen molar-refractivity contribution < 1.29 is 14.3 Å². The van der Waals surface area contributed by atoms with Crippen LogP contribution >= 0.6 is 0 Å². The first-order valence-corrected chi connectivity index (χ1v) is 5.22. The molecule has 17 heavy (non-hydrogen) atoms. The van der Waals surface area contributed by atoms with Crippen LogP contribution in [-0.2, 0) is 0 Å². The fourth-order valence-electron chi connectivity index (χ4n) is 1.41. The summed E-state index contributed by atoms with van der Waals surface area (Å²) in [7, 11) is 0. The molecule has 0 atom stereocenters. The van der Waals surface area contributed by atoms with E-state index in [-0.39, 0.29) is 17.3 Å². The van der Waals surface area contributed by atoms with E-state index in [1.54, 1.807) is 6.08 Å². The third-order valence-electron chi connectivity index (χ3n) is 2.37. The van der Waals surface area contributed by atoms with Crippen molar-refractivity contribution in [3.8, 4) is 5.75 Å². The second kappa shape index (κ2) is 4.70. The third-order valence-corrected chi connectivity index (χ3v) is 2.37. The number of carbonyl (C=O) groups excluding carboxylic acids is 1. The van der Waals surface area contributed by atoms with Gasteiger partial charge in [-0.05, 0) is 18.6 Å². The van der Waals surface area contributed by atoms with Crippen LogP contribution < -0.4 is 0 Å². The number of allylic oxidation sites excluding steroid dienone is 1. The predicted molar refractivity (Wildman–Crippen MR) is 64.9 cm³/mol. The molecule has 0 aliphatic rings. The van der Waals surface area contributed by atoms with Gasteiger partial charge in [-0.2, -0.15) is 0 Å². The molecule has 0 fully saturated rings. The number of hydrogen-bond acceptors (Lipinski definition) is 3. The van der Waals surface area contributed by atoms with Crippen LogP contribution in [0.5, 0.6) is 5.75 Å². The minimum atomic E-state index is -0.354. The van der Waals surface area contributed by atoms with Crippen LogP contribution in [0.4, 0.5) is 0 Å². The van der Waals surface area contributed by atoms with Gasteiger partial charge in [0.2, 0.25) is 11.5 Å². The quantitative estimate of drug-likeness (QED) is 0.648. The van der Waals surface area contributed by atoms with Gasteiger partial charge in [0.15, 0.2) is 5.75 Å². The van der Waals surface area contributed by atoms with Crippen LogP contribution in [0.2, 0.25) is 0 Å². The van der Waals surface area contributed by atoms with Gasteiger partial charge in [0, 0.05) is 6.07 Å². The average Bonchev–Trinajstić information content (AvgIpc) is 2.74. The molecule has 0 radical (unpaired) electrons. The first-order chi connectivity index (χ1) is 8.16. The first kappa shape index (κ1) is 11.2. The molecule has 0 amide bonds. The maximum absolute atomic E-state index is 11.6. The highest BCUT2D eigenvalue weighted by Crippen LogP contribution is 2.18. The summed E-state index contributed by atoms with van der Waals surface area (Å²) in [4.78, 5) is 11.6. The summed E-state index contributed by atoms with van der Waals surface area (Å²) in [6, 6.07) is 9.11. The molecule has 2 aromatic rings. The summed E-state index contributed by atoms with van der Waals surface area (Å²) >= 11 is 0. The number of hydrogen-bond donors (Lipinski definition) is 1. The molecular formula is C14H12O3. The number of benzene rings is 1. The molecule has 0 aliphatic carbocycles. The number of aryl methyl sites for hydroxylation is 1.